The maximum Gasteiger partial charge on any atom is 0.393 e. The first-order chi connectivity index (χ1) is 19.0. The summed E-state index contributed by atoms with van der Waals surface area (Å²) in [7, 11) is 1.22. The van der Waals surface area contributed by atoms with Crippen molar-refractivity contribution in [2.24, 2.45) is 5.41 Å². The van der Waals surface area contributed by atoms with Crippen molar-refractivity contribution in [3.63, 3.8) is 0 Å². The third-order valence-corrected chi connectivity index (χ3v) is 7.00. The molecule has 0 bridgehead atoms. The van der Waals surface area contributed by atoms with Gasteiger partial charge in [-0.2, -0.15) is 18.3 Å². The number of alkyl halides is 3. The molecule has 0 radical (unpaired) electrons. The Kier molecular flexibility index (Phi) is 11.8. The first-order valence-electron chi connectivity index (χ1n) is 14.3. The monoisotopic (exact) mass is 565 g/mol. The number of pyridine rings is 1. The lowest BCUT2D eigenvalue weighted by Crippen LogP contribution is -2.13. The van der Waals surface area contributed by atoms with Crippen LogP contribution in [0.1, 0.15) is 90.5 Å². The van der Waals surface area contributed by atoms with Crippen molar-refractivity contribution in [1.82, 2.24) is 14.8 Å². The lowest BCUT2D eigenvalue weighted by atomic mass is 9.89. The smallest absolute Gasteiger partial charge is 0.393 e. The molecule has 9 heteroatoms. The Morgan fingerprint density at radius 3 is 2.12 bits per heavy atom. The molecule has 2 heterocycles. The molecule has 0 spiro atoms. The van der Waals surface area contributed by atoms with Gasteiger partial charge in [-0.1, -0.05) is 72.1 Å². The zero-order chi connectivity index (χ0) is 29.2. The number of benzene rings is 1. The van der Waals surface area contributed by atoms with Gasteiger partial charge in [0.25, 0.3) is 0 Å². The van der Waals surface area contributed by atoms with E-state index in [0.717, 1.165) is 30.4 Å². The Hall–Kier alpha value is -2.68. The number of nitrogens with zero attached hydrogens (tertiary/aromatic N) is 3. The lowest BCUT2D eigenvalue weighted by Gasteiger charge is -2.17. The largest absolute Gasteiger partial charge is 0.494 e. The molecule has 0 saturated heterocycles. The van der Waals surface area contributed by atoms with E-state index in [1.807, 2.05) is 0 Å². The molecule has 0 atom stereocenters. The Morgan fingerprint density at radius 1 is 0.850 bits per heavy atom. The van der Waals surface area contributed by atoms with E-state index >= 15 is 0 Å². The van der Waals surface area contributed by atoms with Gasteiger partial charge >= 0.3 is 6.18 Å². The van der Waals surface area contributed by atoms with Crippen molar-refractivity contribution in [2.45, 2.75) is 104 Å². The number of hydrogen-bond donors (Lipinski definition) is 0. The normalized spacial score (nSPS) is 12.4. The third kappa shape index (κ3) is 10.4. The average Bonchev–Trinajstić information content (AvgIpc) is 3.28. The number of rotatable bonds is 16. The maximum atomic E-state index is 14.4. The second-order valence-corrected chi connectivity index (χ2v) is 11.7. The van der Waals surface area contributed by atoms with E-state index < -0.39 is 18.4 Å². The van der Waals surface area contributed by atoms with Crippen LogP contribution in [-0.2, 0) is 17.9 Å². The zero-order valence-corrected chi connectivity index (χ0v) is 24.2. The number of fused-ring (bicyclic) bond motifs is 1. The van der Waals surface area contributed by atoms with Crippen molar-refractivity contribution >= 4 is 10.9 Å². The van der Waals surface area contributed by atoms with Gasteiger partial charge in [0.2, 0.25) is 0 Å². The number of ether oxygens (including phenoxy) is 2. The van der Waals surface area contributed by atoms with Crippen molar-refractivity contribution in [2.75, 3.05) is 13.7 Å². The summed E-state index contributed by atoms with van der Waals surface area (Å²) in [5.74, 6) is -0.993. The maximum absolute atomic E-state index is 14.4. The van der Waals surface area contributed by atoms with E-state index in [0.29, 0.717) is 17.5 Å². The van der Waals surface area contributed by atoms with Gasteiger partial charge in [0.1, 0.15) is 6.73 Å². The van der Waals surface area contributed by atoms with Gasteiger partial charge in [-0.05, 0) is 42.0 Å². The fourth-order valence-corrected chi connectivity index (χ4v) is 4.82. The Bertz CT molecular complexity index is 1200. The van der Waals surface area contributed by atoms with Crippen molar-refractivity contribution < 1.29 is 27.0 Å². The second kappa shape index (κ2) is 14.8. The summed E-state index contributed by atoms with van der Waals surface area (Å²) in [5.41, 5.74) is 1.27. The molecule has 5 nitrogen and oxygen atoms in total. The summed E-state index contributed by atoms with van der Waals surface area (Å²) >= 11 is 0. The van der Waals surface area contributed by atoms with Crippen LogP contribution in [-0.4, -0.2) is 34.7 Å². The van der Waals surface area contributed by atoms with E-state index in [1.54, 1.807) is 16.9 Å². The van der Waals surface area contributed by atoms with E-state index in [4.69, 9.17) is 9.47 Å². The molecule has 3 aromatic rings. The van der Waals surface area contributed by atoms with Crippen molar-refractivity contribution in [3.8, 4) is 17.0 Å². The van der Waals surface area contributed by atoms with Gasteiger partial charge in [0.15, 0.2) is 11.6 Å². The Balaban J connectivity index is 1.47. The molecule has 0 aliphatic heterocycles. The standard InChI is InChI=1S/C31H43F4N3O2/c1-30(2,3)14-12-10-8-6-5-7-9-11-13-15-40-22-38-28-18-27(36-20-24(28)21-37-38)25-17-26(32)29(39-4)16-23(25)19-31(33,34)35/h16-18,20-21H,5-15,19,22H2,1-4H3. The van der Waals surface area contributed by atoms with Crippen LogP contribution in [0, 0.1) is 11.2 Å². The second-order valence-electron chi connectivity index (χ2n) is 11.7. The minimum atomic E-state index is -4.47. The molecule has 0 saturated carbocycles. The summed E-state index contributed by atoms with van der Waals surface area (Å²) in [4.78, 5) is 4.28. The molecular formula is C31H43F4N3O2. The van der Waals surface area contributed by atoms with Crippen LogP contribution in [0.15, 0.2) is 30.6 Å². The number of unbranched alkanes of at least 4 members (excludes halogenated alkanes) is 8. The SMILES string of the molecule is COc1cc(CC(F)(F)F)c(-c2cc3c(cn2)cnn3COCCCCCCCCCCCC(C)(C)C)cc1F. The highest BCUT2D eigenvalue weighted by atomic mass is 19.4. The first-order valence-corrected chi connectivity index (χ1v) is 14.3. The molecule has 40 heavy (non-hydrogen) atoms. The molecule has 0 aliphatic rings. The summed E-state index contributed by atoms with van der Waals surface area (Å²) in [6.07, 6.45) is 9.86. The van der Waals surface area contributed by atoms with E-state index in [2.05, 4.69) is 30.9 Å². The summed E-state index contributed by atoms with van der Waals surface area (Å²) in [6.45, 7) is 7.72. The first kappa shape index (κ1) is 31.8. The molecule has 2 aromatic heterocycles. The lowest BCUT2D eigenvalue weighted by molar-refractivity contribution is -0.127. The predicted octanol–water partition coefficient (Wildman–Crippen LogP) is 9.27. The van der Waals surface area contributed by atoms with Crippen molar-refractivity contribution in [3.05, 3.63) is 42.0 Å². The van der Waals surface area contributed by atoms with Crippen LogP contribution in [0.4, 0.5) is 17.6 Å². The summed E-state index contributed by atoms with van der Waals surface area (Å²) in [5, 5.41) is 5.06. The van der Waals surface area contributed by atoms with Crippen LogP contribution in [0.3, 0.4) is 0 Å². The fraction of sp³-hybridized carbons (Fsp3) is 0.613. The quantitative estimate of drug-likeness (QED) is 0.128. The van der Waals surface area contributed by atoms with Gasteiger partial charge in [-0.3, -0.25) is 4.98 Å². The highest BCUT2D eigenvalue weighted by Crippen LogP contribution is 2.34. The van der Waals surface area contributed by atoms with Gasteiger partial charge in [0.05, 0.1) is 30.9 Å². The Morgan fingerprint density at radius 2 is 1.50 bits per heavy atom. The average molecular weight is 566 g/mol. The molecule has 0 N–H and O–H groups in total. The third-order valence-electron chi connectivity index (χ3n) is 7.00. The number of hydrogen-bond acceptors (Lipinski definition) is 4. The predicted molar refractivity (Wildman–Crippen MR) is 151 cm³/mol. The molecule has 0 aliphatic carbocycles. The minimum Gasteiger partial charge on any atom is -0.494 e. The molecule has 0 amide bonds. The van der Waals surface area contributed by atoms with Crippen LogP contribution < -0.4 is 4.74 Å². The van der Waals surface area contributed by atoms with Crippen LogP contribution in [0.25, 0.3) is 22.2 Å². The Labute approximate surface area is 235 Å². The number of halogens is 4. The van der Waals surface area contributed by atoms with E-state index in [1.165, 1.54) is 64.7 Å². The van der Waals surface area contributed by atoms with Crippen LogP contribution in [0.2, 0.25) is 0 Å². The molecule has 0 unspecified atom stereocenters. The molecular weight excluding hydrogens is 522 g/mol. The van der Waals surface area contributed by atoms with E-state index in [9.17, 15) is 17.6 Å². The highest BCUT2D eigenvalue weighted by molar-refractivity contribution is 5.82. The van der Waals surface area contributed by atoms with Gasteiger partial charge < -0.3 is 9.47 Å². The summed E-state index contributed by atoms with van der Waals surface area (Å²) in [6, 6.07) is 3.74. The number of aromatic nitrogens is 3. The zero-order valence-electron chi connectivity index (χ0n) is 24.2. The van der Waals surface area contributed by atoms with Crippen LogP contribution in [0.5, 0.6) is 5.75 Å². The highest BCUT2D eigenvalue weighted by Gasteiger charge is 2.30. The van der Waals surface area contributed by atoms with E-state index in [-0.39, 0.29) is 29.3 Å². The molecule has 0 fully saturated rings. The van der Waals surface area contributed by atoms with Crippen LogP contribution >= 0.6 is 0 Å². The fourth-order valence-electron chi connectivity index (χ4n) is 4.82. The number of methoxy groups -OCH3 is 1. The molecule has 222 valence electrons. The van der Waals surface area contributed by atoms with Crippen molar-refractivity contribution in [1.29, 1.82) is 0 Å². The molecule has 3 rings (SSSR count). The molecule has 1 aromatic carbocycles. The van der Waals surface area contributed by atoms with Gasteiger partial charge in [0, 0.05) is 23.8 Å². The van der Waals surface area contributed by atoms with Gasteiger partial charge in [-0.25, -0.2) is 9.07 Å². The summed E-state index contributed by atoms with van der Waals surface area (Å²) < 4.78 is 66.5. The van der Waals surface area contributed by atoms with Gasteiger partial charge in [-0.15, -0.1) is 0 Å². The topological polar surface area (TPSA) is 49.2 Å². The minimum absolute atomic E-state index is 0.0658.